The van der Waals surface area contributed by atoms with Gasteiger partial charge in [0, 0.05) is 33.6 Å². The molecule has 0 radical (unpaired) electrons. The van der Waals surface area contributed by atoms with Crippen LogP contribution in [0, 0.1) is 11.8 Å². The fraction of sp³-hybridized carbons (Fsp3) is 0.467. The van der Waals surface area contributed by atoms with Crippen molar-refractivity contribution in [2.75, 3.05) is 31.9 Å². The minimum Gasteiger partial charge on any atom is -0.399 e. The van der Waals surface area contributed by atoms with Crippen molar-refractivity contribution in [3.8, 4) is 0 Å². The average Bonchev–Trinajstić information content (AvgIpc) is 3.71. The van der Waals surface area contributed by atoms with E-state index in [1.807, 2.05) is 19.9 Å². The van der Waals surface area contributed by atoms with E-state index in [2.05, 4.69) is 52.4 Å². The highest BCUT2D eigenvalue weighted by Crippen LogP contribution is 2.35. The maximum Gasteiger partial charge on any atom is 0.0959 e. The van der Waals surface area contributed by atoms with Crippen LogP contribution in [0.25, 0.3) is 5.57 Å². The molecule has 4 rings (SSSR count). The number of piperidine rings is 1. The van der Waals surface area contributed by atoms with Gasteiger partial charge in [0.05, 0.1) is 6.10 Å². The Labute approximate surface area is 232 Å². The van der Waals surface area contributed by atoms with Gasteiger partial charge in [0.25, 0.3) is 0 Å². The predicted octanol–water partition coefficient (Wildman–Crippen LogP) is 6.97. The summed E-state index contributed by atoms with van der Waals surface area (Å²) >= 11 is 11.2. The van der Waals surface area contributed by atoms with Crippen LogP contribution in [0.3, 0.4) is 0 Å². The van der Waals surface area contributed by atoms with E-state index >= 15 is 0 Å². The number of nitrogen functional groups attached to an aromatic ring is 1. The maximum atomic E-state index is 8.91. The highest BCUT2D eigenvalue weighted by molar-refractivity contribution is 6.35. The molecule has 2 aromatic carbocycles. The van der Waals surface area contributed by atoms with E-state index < -0.39 is 0 Å². The van der Waals surface area contributed by atoms with Crippen LogP contribution in [0.5, 0.6) is 0 Å². The van der Waals surface area contributed by atoms with Crippen LogP contribution in [0.4, 0.5) is 5.69 Å². The monoisotopic (exact) mass is 545 g/mol. The quantitative estimate of drug-likeness (QED) is 0.112. The summed E-state index contributed by atoms with van der Waals surface area (Å²) in [6.07, 6.45) is 8.89. The van der Waals surface area contributed by atoms with E-state index in [9.17, 15) is 0 Å². The molecule has 2 atom stereocenters. The van der Waals surface area contributed by atoms with Gasteiger partial charge >= 0.3 is 0 Å². The summed E-state index contributed by atoms with van der Waals surface area (Å²) in [5, 5.41) is 17.3. The number of hydrogen-bond donors (Lipinski definition) is 4. The first-order valence-electron chi connectivity index (χ1n) is 13.1. The molecule has 1 saturated heterocycles. The van der Waals surface area contributed by atoms with Gasteiger partial charge in [-0.05, 0) is 93.1 Å². The number of nitrogens with two attached hydrogens (primary N) is 1. The van der Waals surface area contributed by atoms with Gasteiger partial charge in [-0.25, -0.2) is 4.89 Å². The zero-order valence-corrected chi connectivity index (χ0v) is 23.5. The molecule has 0 amide bonds. The SMILES string of the molecule is C=C/C(=C\C(C)C(C)OO)c1ccc(C2(CNCC3CC3)CCNCC2)cc1.Nc1cc(Cl)cc(Cl)c1. The van der Waals surface area contributed by atoms with Gasteiger partial charge in [0.1, 0.15) is 0 Å². The number of nitrogens with one attached hydrogen (secondary N) is 2. The van der Waals surface area contributed by atoms with Crippen LogP contribution in [0.15, 0.2) is 61.2 Å². The largest absolute Gasteiger partial charge is 0.399 e. The van der Waals surface area contributed by atoms with E-state index in [-0.39, 0.29) is 17.4 Å². The molecular weight excluding hydrogens is 505 g/mol. The fourth-order valence-corrected chi connectivity index (χ4v) is 5.24. The summed E-state index contributed by atoms with van der Waals surface area (Å²) in [5.74, 6) is 1.01. The van der Waals surface area contributed by atoms with E-state index in [1.165, 1.54) is 37.8 Å². The second-order valence-electron chi connectivity index (χ2n) is 10.4. The van der Waals surface area contributed by atoms with E-state index in [0.29, 0.717) is 15.7 Å². The summed E-state index contributed by atoms with van der Waals surface area (Å²) in [5.41, 5.74) is 9.88. The number of benzene rings is 2. The maximum absolute atomic E-state index is 8.91. The third kappa shape index (κ3) is 9.13. The first kappa shape index (κ1) is 29.7. The molecule has 5 N–H and O–H groups in total. The standard InChI is InChI=1S/C24H36N2O2.C6H5Cl2N/c1-4-21(15-18(2)19(3)28-27)22-7-9-23(10-8-22)24(11-13-25-14-12-24)17-26-16-20-5-6-20;7-4-1-5(8)3-6(9)2-4/h4,7-10,15,18-20,25-27H,1,5-6,11-14,16-17H2,2-3H3;1-3H,9H2/b21-15+;. The molecule has 5 nitrogen and oxygen atoms in total. The average molecular weight is 547 g/mol. The lowest BCUT2D eigenvalue weighted by atomic mass is 9.72. The van der Waals surface area contributed by atoms with Crippen LogP contribution in [-0.2, 0) is 10.3 Å². The van der Waals surface area contributed by atoms with Gasteiger partial charge in [-0.1, -0.05) is 73.1 Å². The molecule has 2 aliphatic rings. The van der Waals surface area contributed by atoms with Gasteiger partial charge in [-0.3, -0.25) is 5.26 Å². The molecule has 2 aromatic rings. The highest BCUT2D eigenvalue weighted by Gasteiger charge is 2.34. The molecule has 1 heterocycles. The van der Waals surface area contributed by atoms with Crippen LogP contribution < -0.4 is 16.4 Å². The van der Waals surface area contributed by atoms with Gasteiger partial charge in [0.15, 0.2) is 0 Å². The molecule has 0 spiro atoms. The van der Waals surface area contributed by atoms with Crippen LogP contribution in [-0.4, -0.2) is 37.5 Å². The number of allylic oxidation sites excluding steroid dienone is 2. The topological polar surface area (TPSA) is 79.5 Å². The lowest BCUT2D eigenvalue weighted by Gasteiger charge is -2.38. The minimum absolute atomic E-state index is 0.0973. The second-order valence-corrected chi connectivity index (χ2v) is 11.3. The van der Waals surface area contributed by atoms with Crippen molar-refractivity contribution < 1.29 is 10.1 Å². The molecular formula is C30H41Cl2N3O2. The van der Waals surface area contributed by atoms with E-state index in [1.54, 1.807) is 18.2 Å². The molecule has 2 fully saturated rings. The summed E-state index contributed by atoms with van der Waals surface area (Å²) in [6.45, 7) is 12.3. The van der Waals surface area contributed by atoms with Crippen LogP contribution >= 0.6 is 23.2 Å². The third-order valence-corrected chi connectivity index (χ3v) is 7.87. The number of halogens is 2. The molecule has 0 bridgehead atoms. The molecule has 1 aliphatic carbocycles. The van der Waals surface area contributed by atoms with Crippen molar-refractivity contribution in [3.63, 3.8) is 0 Å². The Kier molecular flexibility index (Phi) is 11.5. The zero-order chi connectivity index (χ0) is 26.8. The molecule has 7 heteroatoms. The summed E-state index contributed by atoms with van der Waals surface area (Å²) in [6, 6.07) is 14.0. The molecule has 1 aliphatic heterocycles. The Balaban J connectivity index is 0.000000356. The normalized spacial score (nSPS) is 18.9. The van der Waals surface area contributed by atoms with Gasteiger partial charge in [-0.2, -0.15) is 0 Å². The van der Waals surface area contributed by atoms with Gasteiger partial charge < -0.3 is 16.4 Å². The van der Waals surface area contributed by atoms with E-state index in [4.69, 9.17) is 34.2 Å². The van der Waals surface area contributed by atoms with Crippen LogP contribution in [0.1, 0.15) is 50.7 Å². The summed E-state index contributed by atoms with van der Waals surface area (Å²) < 4.78 is 0. The Bertz CT molecular complexity index is 981. The number of hydrogen-bond acceptors (Lipinski definition) is 5. The molecule has 202 valence electrons. The molecule has 2 unspecified atom stereocenters. The Morgan fingerprint density at radius 1 is 1.16 bits per heavy atom. The Morgan fingerprint density at radius 2 is 1.78 bits per heavy atom. The van der Waals surface area contributed by atoms with Crippen molar-refractivity contribution in [3.05, 3.63) is 82.4 Å². The molecule has 37 heavy (non-hydrogen) atoms. The molecule has 0 aromatic heterocycles. The smallest absolute Gasteiger partial charge is 0.0959 e. The first-order valence-corrected chi connectivity index (χ1v) is 13.9. The van der Waals surface area contributed by atoms with Crippen molar-refractivity contribution in [1.29, 1.82) is 0 Å². The predicted molar refractivity (Wildman–Crippen MR) is 157 cm³/mol. The second kappa shape index (κ2) is 14.3. The zero-order valence-electron chi connectivity index (χ0n) is 22.0. The summed E-state index contributed by atoms with van der Waals surface area (Å²) in [7, 11) is 0. The lowest BCUT2D eigenvalue weighted by molar-refractivity contribution is -0.280. The van der Waals surface area contributed by atoms with Gasteiger partial charge in [0.2, 0.25) is 0 Å². The van der Waals surface area contributed by atoms with Gasteiger partial charge in [-0.15, -0.1) is 0 Å². The minimum atomic E-state index is -0.246. The van der Waals surface area contributed by atoms with Crippen LogP contribution in [0.2, 0.25) is 10.0 Å². The van der Waals surface area contributed by atoms with Crippen molar-refractivity contribution in [2.45, 2.75) is 51.0 Å². The summed E-state index contributed by atoms with van der Waals surface area (Å²) in [4.78, 5) is 4.47. The fourth-order valence-electron chi connectivity index (χ4n) is 4.70. The first-order chi connectivity index (χ1) is 17.8. The lowest BCUT2D eigenvalue weighted by Crippen LogP contribution is -2.46. The van der Waals surface area contributed by atoms with Crippen molar-refractivity contribution in [2.24, 2.45) is 11.8 Å². The van der Waals surface area contributed by atoms with Crippen molar-refractivity contribution in [1.82, 2.24) is 10.6 Å². The third-order valence-electron chi connectivity index (χ3n) is 7.44. The van der Waals surface area contributed by atoms with Crippen molar-refractivity contribution >= 4 is 34.5 Å². The Morgan fingerprint density at radius 3 is 2.30 bits per heavy atom. The van der Waals surface area contributed by atoms with E-state index in [0.717, 1.165) is 36.7 Å². The Hall–Kier alpha value is -1.86. The number of rotatable bonds is 10. The molecule has 1 saturated carbocycles. The highest BCUT2D eigenvalue weighted by atomic mass is 35.5. The number of anilines is 1.